The van der Waals surface area contributed by atoms with Gasteiger partial charge in [-0.1, -0.05) is 13.0 Å². The van der Waals surface area contributed by atoms with Gasteiger partial charge in [0.2, 0.25) is 0 Å². The van der Waals surface area contributed by atoms with E-state index < -0.39 is 0 Å². The molecule has 1 aromatic rings. The SMILES string of the molecule is CCNC(c1ccc(C)nc1C)C1CCOC1. The highest BCUT2D eigenvalue weighted by atomic mass is 16.5. The summed E-state index contributed by atoms with van der Waals surface area (Å²) >= 11 is 0. The van der Waals surface area contributed by atoms with Crippen LogP contribution in [-0.2, 0) is 4.74 Å². The molecule has 2 heterocycles. The van der Waals surface area contributed by atoms with Gasteiger partial charge in [0.05, 0.1) is 6.61 Å². The summed E-state index contributed by atoms with van der Waals surface area (Å²) in [6.45, 7) is 9.03. The molecule has 0 saturated carbocycles. The number of hydrogen-bond donors (Lipinski definition) is 1. The van der Waals surface area contributed by atoms with Crippen molar-refractivity contribution in [1.29, 1.82) is 0 Å². The maximum absolute atomic E-state index is 5.51. The topological polar surface area (TPSA) is 34.2 Å². The third-order valence-electron chi connectivity index (χ3n) is 3.46. The van der Waals surface area contributed by atoms with E-state index in [0.29, 0.717) is 12.0 Å². The molecule has 0 radical (unpaired) electrons. The molecule has 3 heteroatoms. The third-order valence-corrected chi connectivity index (χ3v) is 3.46. The summed E-state index contributed by atoms with van der Waals surface area (Å²) in [6, 6.07) is 4.70. The first-order valence-corrected chi connectivity index (χ1v) is 6.47. The maximum Gasteiger partial charge on any atom is 0.0513 e. The summed E-state index contributed by atoms with van der Waals surface area (Å²) in [7, 11) is 0. The van der Waals surface area contributed by atoms with E-state index in [2.05, 4.69) is 36.3 Å². The minimum atomic E-state index is 0.385. The Balaban J connectivity index is 2.24. The molecule has 1 aromatic heterocycles. The van der Waals surface area contributed by atoms with E-state index >= 15 is 0 Å². The van der Waals surface area contributed by atoms with E-state index in [4.69, 9.17) is 4.74 Å². The van der Waals surface area contributed by atoms with E-state index in [0.717, 1.165) is 37.6 Å². The van der Waals surface area contributed by atoms with Crippen LogP contribution in [-0.4, -0.2) is 24.7 Å². The van der Waals surface area contributed by atoms with E-state index in [1.165, 1.54) is 5.56 Å². The second-order valence-electron chi connectivity index (χ2n) is 4.79. The average molecular weight is 234 g/mol. The molecule has 94 valence electrons. The number of pyridine rings is 1. The predicted octanol–water partition coefficient (Wildman–Crippen LogP) is 2.39. The van der Waals surface area contributed by atoms with Gasteiger partial charge in [-0.3, -0.25) is 4.98 Å². The first kappa shape index (κ1) is 12.5. The van der Waals surface area contributed by atoms with Gasteiger partial charge in [-0.15, -0.1) is 0 Å². The normalized spacial score (nSPS) is 21.7. The fourth-order valence-corrected chi connectivity index (χ4v) is 2.59. The van der Waals surface area contributed by atoms with E-state index in [1.807, 2.05) is 6.92 Å². The molecule has 3 nitrogen and oxygen atoms in total. The minimum absolute atomic E-state index is 0.385. The number of ether oxygens (including phenoxy) is 1. The van der Waals surface area contributed by atoms with Gasteiger partial charge < -0.3 is 10.1 Å². The molecule has 2 atom stereocenters. The molecule has 1 aliphatic heterocycles. The van der Waals surface area contributed by atoms with Crippen LogP contribution in [0.2, 0.25) is 0 Å². The number of aryl methyl sites for hydroxylation is 2. The van der Waals surface area contributed by atoms with E-state index in [1.54, 1.807) is 0 Å². The Hall–Kier alpha value is -0.930. The molecule has 1 saturated heterocycles. The molecule has 1 N–H and O–H groups in total. The van der Waals surface area contributed by atoms with Gasteiger partial charge in [0.15, 0.2) is 0 Å². The predicted molar refractivity (Wildman–Crippen MR) is 69.1 cm³/mol. The Morgan fingerprint density at radius 2 is 2.29 bits per heavy atom. The second-order valence-corrected chi connectivity index (χ2v) is 4.79. The Kier molecular flexibility index (Phi) is 4.13. The van der Waals surface area contributed by atoms with Crippen molar-refractivity contribution in [2.24, 2.45) is 5.92 Å². The molecular weight excluding hydrogens is 212 g/mol. The summed E-state index contributed by atoms with van der Waals surface area (Å²) in [5.41, 5.74) is 3.56. The Morgan fingerprint density at radius 1 is 1.47 bits per heavy atom. The lowest BCUT2D eigenvalue weighted by atomic mass is 9.91. The molecule has 0 spiro atoms. The number of aromatic nitrogens is 1. The zero-order valence-corrected chi connectivity index (χ0v) is 11.0. The van der Waals surface area contributed by atoms with Crippen molar-refractivity contribution in [3.05, 3.63) is 29.1 Å². The van der Waals surface area contributed by atoms with Crippen LogP contribution in [0.4, 0.5) is 0 Å². The maximum atomic E-state index is 5.51. The van der Waals surface area contributed by atoms with Gasteiger partial charge in [-0.25, -0.2) is 0 Å². The first-order valence-electron chi connectivity index (χ1n) is 6.47. The van der Waals surface area contributed by atoms with Crippen molar-refractivity contribution in [1.82, 2.24) is 10.3 Å². The molecular formula is C14H22N2O. The van der Waals surface area contributed by atoms with Crippen LogP contribution in [0.1, 0.15) is 36.3 Å². The van der Waals surface area contributed by atoms with Crippen molar-refractivity contribution in [2.45, 2.75) is 33.2 Å². The van der Waals surface area contributed by atoms with Gasteiger partial charge >= 0.3 is 0 Å². The van der Waals surface area contributed by atoms with Crippen LogP contribution in [0.15, 0.2) is 12.1 Å². The largest absolute Gasteiger partial charge is 0.381 e. The van der Waals surface area contributed by atoms with Crippen LogP contribution >= 0.6 is 0 Å². The molecule has 2 rings (SSSR count). The fourth-order valence-electron chi connectivity index (χ4n) is 2.59. The Morgan fingerprint density at radius 3 is 2.88 bits per heavy atom. The quantitative estimate of drug-likeness (QED) is 0.868. The summed E-state index contributed by atoms with van der Waals surface area (Å²) < 4.78 is 5.51. The Labute approximate surface area is 104 Å². The van der Waals surface area contributed by atoms with Crippen molar-refractivity contribution < 1.29 is 4.74 Å². The molecule has 2 unspecified atom stereocenters. The molecule has 17 heavy (non-hydrogen) atoms. The molecule has 1 aliphatic rings. The summed E-state index contributed by atoms with van der Waals surface area (Å²) in [4.78, 5) is 4.57. The fraction of sp³-hybridized carbons (Fsp3) is 0.643. The van der Waals surface area contributed by atoms with Gasteiger partial charge in [0.1, 0.15) is 0 Å². The molecule has 0 amide bonds. The van der Waals surface area contributed by atoms with Crippen LogP contribution in [0, 0.1) is 19.8 Å². The van der Waals surface area contributed by atoms with E-state index in [-0.39, 0.29) is 0 Å². The summed E-state index contributed by atoms with van der Waals surface area (Å²) in [5.74, 6) is 0.582. The average Bonchev–Trinajstić information content (AvgIpc) is 2.80. The third kappa shape index (κ3) is 2.85. The highest BCUT2D eigenvalue weighted by molar-refractivity contribution is 5.26. The van der Waals surface area contributed by atoms with Gasteiger partial charge in [0, 0.05) is 30.0 Å². The van der Waals surface area contributed by atoms with Crippen LogP contribution in [0.25, 0.3) is 0 Å². The smallest absolute Gasteiger partial charge is 0.0513 e. The monoisotopic (exact) mass is 234 g/mol. The lowest BCUT2D eigenvalue weighted by Gasteiger charge is -2.25. The first-order chi connectivity index (χ1) is 8.22. The van der Waals surface area contributed by atoms with Crippen molar-refractivity contribution >= 4 is 0 Å². The summed E-state index contributed by atoms with van der Waals surface area (Å²) in [5, 5.41) is 3.58. The molecule has 0 bridgehead atoms. The zero-order valence-electron chi connectivity index (χ0n) is 11.0. The lowest BCUT2D eigenvalue weighted by Crippen LogP contribution is -2.29. The summed E-state index contributed by atoms with van der Waals surface area (Å²) in [6.07, 6.45) is 1.14. The van der Waals surface area contributed by atoms with Crippen LogP contribution < -0.4 is 5.32 Å². The zero-order chi connectivity index (χ0) is 12.3. The molecule has 0 aromatic carbocycles. The Bertz CT molecular complexity index is 372. The highest BCUT2D eigenvalue weighted by Gasteiger charge is 2.27. The van der Waals surface area contributed by atoms with Gasteiger partial charge in [-0.2, -0.15) is 0 Å². The lowest BCUT2D eigenvalue weighted by molar-refractivity contribution is 0.177. The van der Waals surface area contributed by atoms with Crippen molar-refractivity contribution in [3.63, 3.8) is 0 Å². The van der Waals surface area contributed by atoms with Crippen LogP contribution in [0.3, 0.4) is 0 Å². The number of hydrogen-bond acceptors (Lipinski definition) is 3. The molecule has 0 aliphatic carbocycles. The van der Waals surface area contributed by atoms with Gasteiger partial charge in [0.25, 0.3) is 0 Å². The minimum Gasteiger partial charge on any atom is -0.381 e. The van der Waals surface area contributed by atoms with Crippen LogP contribution in [0.5, 0.6) is 0 Å². The highest BCUT2D eigenvalue weighted by Crippen LogP contribution is 2.30. The second kappa shape index (κ2) is 5.61. The van der Waals surface area contributed by atoms with Crippen molar-refractivity contribution in [3.8, 4) is 0 Å². The number of nitrogens with one attached hydrogen (secondary N) is 1. The molecule has 1 fully saturated rings. The van der Waals surface area contributed by atoms with E-state index in [9.17, 15) is 0 Å². The standard InChI is InChI=1S/C14H22N2O/c1-4-15-14(12-7-8-17-9-12)13-6-5-10(2)16-11(13)3/h5-6,12,14-15H,4,7-9H2,1-3H3. The van der Waals surface area contributed by atoms with Crippen molar-refractivity contribution in [2.75, 3.05) is 19.8 Å². The number of nitrogens with zero attached hydrogens (tertiary/aromatic N) is 1. The van der Waals surface area contributed by atoms with Gasteiger partial charge in [-0.05, 0) is 38.4 Å². The number of rotatable bonds is 4.